The van der Waals surface area contributed by atoms with Crippen LogP contribution in [0.5, 0.6) is 0 Å². The zero-order valence-electron chi connectivity index (χ0n) is 12.4. The largest absolute Gasteiger partial charge is 0.394 e. The van der Waals surface area contributed by atoms with Crippen LogP contribution in [0.15, 0.2) is 24.3 Å². The van der Waals surface area contributed by atoms with Crippen LogP contribution in [0.4, 0.5) is 0 Å². The first-order valence-electron chi connectivity index (χ1n) is 7.17. The highest BCUT2D eigenvalue weighted by molar-refractivity contribution is 5.85. The Morgan fingerprint density at radius 2 is 2.10 bits per heavy atom. The van der Waals surface area contributed by atoms with Gasteiger partial charge in [0, 0.05) is 23.0 Å². The fourth-order valence-electron chi connectivity index (χ4n) is 2.49. The van der Waals surface area contributed by atoms with E-state index < -0.39 is 12.1 Å². The molecule has 0 unspecified atom stereocenters. The summed E-state index contributed by atoms with van der Waals surface area (Å²) in [5.74, 6) is -0.167. The van der Waals surface area contributed by atoms with Crippen molar-refractivity contribution >= 4 is 16.8 Å². The van der Waals surface area contributed by atoms with Crippen molar-refractivity contribution in [1.29, 1.82) is 0 Å². The summed E-state index contributed by atoms with van der Waals surface area (Å²) in [7, 11) is 0. The van der Waals surface area contributed by atoms with E-state index in [0.29, 0.717) is 12.8 Å². The summed E-state index contributed by atoms with van der Waals surface area (Å²) in [6, 6.07) is 7.40. The van der Waals surface area contributed by atoms with Gasteiger partial charge in [-0.1, -0.05) is 18.2 Å². The first-order valence-corrected chi connectivity index (χ1v) is 7.17. The molecule has 0 aliphatic rings. The van der Waals surface area contributed by atoms with Crippen LogP contribution in [0.1, 0.15) is 24.6 Å². The molecule has 4 N–H and O–H groups in total. The SMILES string of the molecule is Cc1[nH]c2ccccc2c1CCC(=O)N[C@H](CO)[C@@H](C)O. The molecule has 1 aromatic heterocycles. The Labute approximate surface area is 124 Å². The Morgan fingerprint density at radius 1 is 1.38 bits per heavy atom. The molecule has 0 aliphatic heterocycles. The Kier molecular flexibility index (Phi) is 4.98. The molecule has 0 saturated carbocycles. The van der Waals surface area contributed by atoms with Crippen molar-refractivity contribution in [1.82, 2.24) is 10.3 Å². The predicted molar refractivity (Wildman–Crippen MR) is 82.1 cm³/mol. The average Bonchev–Trinajstić information content (AvgIpc) is 2.77. The molecule has 0 saturated heterocycles. The summed E-state index contributed by atoms with van der Waals surface area (Å²) in [6.07, 6.45) is 0.180. The zero-order chi connectivity index (χ0) is 15.4. The van der Waals surface area contributed by atoms with Crippen LogP contribution >= 0.6 is 0 Å². The Balaban J connectivity index is 2.01. The zero-order valence-corrected chi connectivity index (χ0v) is 12.4. The third-order valence-electron chi connectivity index (χ3n) is 3.75. The Bertz CT molecular complexity index is 619. The maximum Gasteiger partial charge on any atom is 0.220 e. The lowest BCUT2D eigenvalue weighted by Gasteiger charge is -2.18. The van der Waals surface area contributed by atoms with E-state index in [0.717, 1.165) is 22.2 Å². The number of fused-ring (bicyclic) bond motifs is 1. The molecule has 0 fully saturated rings. The standard InChI is InChI=1S/C16H22N2O3/c1-10-12(13-5-3-4-6-14(13)17-10)7-8-16(21)18-15(9-19)11(2)20/h3-6,11,15,17,19-20H,7-9H2,1-2H3,(H,18,21)/t11-,15-/m1/s1. The maximum atomic E-state index is 11.9. The number of rotatable bonds is 6. The van der Waals surface area contributed by atoms with E-state index in [1.54, 1.807) is 6.92 Å². The van der Waals surface area contributed by atoms with Gasteiger partial charge < -0.3 is 20.5 Å². The van der Waals surface area contributed by atoms with Crippen LogP contribution < -0.4 is 5.32 Å². The number of aromatic amines is 1. The predicted octanol–water partition coefficient (Wildman–Crippen LogP) is 1.27. The summed E-state index contributed by atoms with van der Waals surface area (Å²) in [5.41, 5.74) is 3.28. The molecule has 5 heteroatoms. The number of aromatic nitrogens is 1. The molecule has 2 atom stereocenters. The van der Waals surface area contributed by atoms with Gasteiger partial charge in [0.2, 0.25) is 5.91 Å². The number of para-hydroxylation sites is 1. The first kappa shape index (κ1) is 15.5. The van der Waals surface area contributed by atoms with Crippen molar-refractivity contribution in [2.45, 2.75) is 38.8 Å². The van der Waals surface area contributed by atoms with E-state index in [4.69, 9.17) is 5.11 Å². The minimum Gasteiger partial charge on any atom is -0.394 e. The fourth-order valence-corrected chi connectivity index (χ4v) is 2.49. The summed E-state index contributed by atoms with van der Waals surface area (Å²) in [4.78, 5) is 15.2. The highest BCUT2D eigenvalue weighted by Crippen LogP contribution is 2.22. The number of benzene rings is 1. The van der Waals surface area contributed by atoms with Gasteiger partial charge in [-0.15, -0.1) is 0 Å². The van der Waals surface area contributed by atoms with Crippen LogP contribution in [-0.4, -0.2) is 39.9 Å². The number of hydrogen-bond donors (Lipinski definition) is 4. The number of amides is 1. The number of aryl methyl sites for hydroxylation is 2. The van der Waals surface area contributed by atoms with Gasteiger partial charge >= 0.3 is 0 Å². The lowest BCUT2D eigenvalue weighted by Crippen LogP contribution is -2.44. The second kappa shape index (κ2) is 6.74. The Hall–Kier alpha value is -1.85. The highest BCUT2D eigenvalue weighted by Gasteiger charge is 2.17. The first-order chi connectivity index (χ1) is 10.0. The van der Waals surface area contributed by atoms with Crippen molar-refractivity contribution in [3.63, 3.8) is 0 Å². The van der Waals surface area contributed by atoms with Gasteiger partial charge in [0.25, 0.3) is 0 Å². The maximum absolute atomic E-state index is 11.9. The van der Waals surface area contributed by atoms with Crippen molar-refractivity contribution in [2.75, 3.05) is 6.61 Å². The monoisotopic (exact) mass is 290 g/mol. The number of hydrogen-bond acceptors (Lipinski definition) is 3. The smallest absolute Gasteiger partial charge is 0.220 e. The molecule has 2 aromatic rings. The number of nitrogens with one attached hydrogen (secondary N) is 2. The van der Waals surface area contributed by atoms with E-state index in [1.165, 1.54) is 0 Å². The van der Waals surface area contributed by atoms with Crippen molar-refractivity contribution < 1.29 is 15.0 Å². The van der Waals surface area contributed by atoms with E-state index >= 15 is 0 Å². The second-order valence-electron chi connectivity index (χ2n) is 5.37. The van der Waals surface area contributed by atoms with Crippen LogP contribution in [0.3, 0.4) is 0 Å². The van der Waals surface area contributed by atoms with E-state index in [-0.39, 0.29) is 12.5 Å². The van der Waals surface area contributed by atoms with Gasteiger partial charge in [-0.05, 0) is 31.9 Å². The molecule has 21 heavy (non-hydrogen) atoms. The quantitative estimate of drug-likeness (QED) is 0.646. The van der Waals surface area contributed by atoms with Crippen LogP contribution in [0, 0.1) is 6.92 Å². The molecular weight excluding hydrogens is 268 g/mol. The molecule has 5 nitrogen and oxygen atoms in total. The van der Waals surface area contributed by atoms with Gasteiger partial charge in [0.05, 0.1) is 18.8 Å². The summed E-state index contributed by atoms with van der Waals surface area (Å²) >= 11 is 0. The molecule has 1 heterocycles. The number of carbonyl (C=O) groups excluding carboxylic acids is 1. The highest BCUT2D eigenvalue weighted by atomic mass is 16.3. The van der Waals surface area contributed by atoms with Gasteiger partial charge in [-0.2, -0.15) is 0 Å². The van der Waals surface area contributed by atoms with Crippen molar-refractivity contribution in [2.24, 2.45) is 0 Å². The molecule has 2 rings (SSSR count). The van der Waals surface area contributed by atoms with Crippen LogP contribution in [0.2, 0.25) is 0 Å². The number of aliphatic hydroxyl groups is 2. The van der Waals surface area contributed by atoms with Crippen LogP contribution in [-0.2, 0) is 11.2 Å². The van der Waals surface area contributed by atoms with E-state index in [9.17, 15) is 9.90 Å². The summed E-state index contributed by atoms with van der Waals surface area (Å²) < 4.78 is 0. The van der Waals surface area contributed by atoms with Gasteiger partial charge in [-0.3, -0.25) is 4.79 Å². The molecule has 0 bridgehead atoms. The number of carbonyl (C=O) groups is 1. The fraction of sp³-hybridized carbons (Fsp3) is 0.438. The lowest BCUT2D eigenvalue weighted by molar-refractivity contribution is -0.123. The van der Waals surface area contributed by atoms with Gasteiger partial charge in [0.15, 0.2) is 0 Å². The lowest BCUT2D eigenvalue weighted by atomic mass is 10.1. The topological polar surface area (TPSA) is 85.4 Å². The summed E-state index contributed by atoms with van der Waals surface area (Å²) in [5, 5.41) is 22.3. The minimum atomic E-state index is -0.770. The molecule has 114 valence electrons. The molecule has 0 aliphatic carbocycles. The van der Waals surface area contributed by atoms with E-state index in [1.807, 2.05) is 31.2 Å². The summed E-state index contributed by atoms with van der Waals surface area (Å²) in [6.45, 7) is 3.28. The third-order valence-corrected chi connectivity index (χ3v) is 3.75. The molecule has 0 spiro atoms. The third kappa shape index (κ3) is 3.62. The minimum absolute atomic E-state index is 0.167. The molecule has 1 amide bonds. The van der Waals surface area contributed by atoms with Gasteiger partial charge in [0.1, 0.15) is 0 Å². The second-order valence-corrected chi connectivity index (χ2v) is 5.37. The molecular formula is C16H22N2O3. The van der Waals surface area contributed by atoms with E-state index in [2.05, 4.69) is 10.3 Å². The van der Waals surface area contributed by atoms with Gasteiger partial charge in [-0.25, -0.2) is 0 Å². The molecule has 0 radical (unpaired) electrons. The van der Waals surface area contributed by atoms with Crippen molar-refractivity contribution in [3.8, 4) is 0 Å². The van der Waals surface area contributed by atoms with Crippen LogP contribution in [0.25, 0.3) is 10.9 Å². The Morgan fingerprint density at radius 3 is 2.76 bits per heavy atom. The number of H-pyrrole nitrogens is 1. The van der Waals surface area contributed by atoms with Crippen molar-refractivity contribution in [3.05, 3.63) is 35.5 Å². The number of aliphatic hydroxyl groups excluding tert-OH is 2. The molecule has 1 aromatic carbocycles. The average molecular weight is 290 g/mol. The normalized spacial score (nSPS) is 14.1.